The Labute approximate surface area is 472 Å². The van der Waals surface area contributed by atoms with E-state index in [4.69, 9.17) is 44.4 Å². The maximum Gasteiger partial charge on any atom is 0.337 e. The molecule has 5 saturated heterocycles. The number of methoxy groups -OCH3 is 1. The maximum absolute atomic E-state index is 12.8. The summed E-state index contributed by atoms with van der Waals surface area (Å²) in [4.78, 5) is 104. The molecule has 0 radical (unpaired) electrons. The highest BCUT2D eigenvalue weighted by atomic mass is 32.2. The average Bonchev–Trinajstić information content (AvgIpc) is 4.36. The molecule has 0 spiro atoms. The van der Waals surface area contributed by atoms with Crippen LogP contribution in [0.2, 0.25) is 0 Å². The molecule has 0 bridgehead atoms. The number of benzene rings is 2. The fourth-order valence-electron chi connectivity index (χ4n) is 8.11. The van der Waals surface area contributed by atoms with Crippen LogP contribution in [0.5, 0.6) is 0 Å². The highest BCUT2D eigenvalue weighted by Crippen LogP contribution is 2.37. The molecular weight excluding hydrogens is 1100 g/mol. The molecule has 10 rings (SSSR count). The van der Waals surface area contributed by atoms with Crippen LogP contribution in [-0.2, 0) is 49.5 Å². The van der Waals surface area contributed by atoms with E-state index in [9.17, 15) is 38.4 Å². The molecule has 8 heterocycles. The predicted molar refractivity (Wildman–Crippen MR) is 301 cm³/mol. The van der Waals surface area contributed by atoms with Gasteiger partial charge in [-0.2, -0.15) is 0 Å². The second-order valence-corrected chi connectivity index (χ2v) is 21.0. The van der Waals surface area contributed by atoms with Gasteiger partial charge in [0.05, 0.1) is 60.4 Å². The van der Waals surface area contributed by atoms with Gasteiger partial charge in [-0.25, -0.2) is 4.79 Å². The normalized spacial score (nSPS) is 18.0. The van der Waals surface area contributed by atoms with Crippen molar-refractivity contribution in [2.24, 2.45) is 0 Å². The minimum Gasteiger partial charge on any atom is -0.465 e. The molecule has 5 amide bonds. The van der Waals surface area contributed by atoms with Crippen LogP contribution in [0.25, 0.3) is 29.6 Å². The number of rotatable bonds is 15. The van der Waals surface area contributed by atoms with Crippen molar-refractivity contribution in [2.45, 2.75) is 33.2 Å². The number of hydrogen-bond donors (Lipinski definition) is 0. The SMILES string of the molecule is CCOC(=O)CN1C(=O)S/C(=C\c2ccc(N3CCCC3)o2)C1=O.CCOC(=O)CN1C(=O)S/C(=C\c2ccc(N3CCOCC3)o2)C1=O.COC(=O)c1ccc(-c2ccc(/C=C3\SC(=S)N(Cc4ccccc4)C3=O)o2)cc1. The first-order valence-electron chi connectivity index (χ1n) is 24.9. The molecule has 20 nitrogen and oxygen atoms in total. The van der Waals surface area contributed by atoms with Gasteiger partial charge in [-0.1, -0.05) is 66.4 Å². The van der Waals surface area contributed by atoms with E-state index in [1.807, 2.05) is 53.4 Å². The first kappa shape index (κ1) is 57.5. The summed E-state index contributed by atoms with van der Waals surface area (Å²) < 4.78 is 37.4. The summed E-state index contributed by atoms with van der Waals surface area (Å²) in [6.45, 7) is 8.11. The Morgan fingerprint density at radius 1 is 0.582 bits per heavy atom. The molecule has 0 unspecified atom stereocenters. The number of thiocarbonyl (C=S) groups is 1. The monoisotopic (exact) mass is 1150 g/mol. The molecule has 5 aromatic rings. The van der Waals surface area contributed by atoms with Crippen LogP contribution < -0.4 is 9.80 Å². The molecule has 5 aliphatic heterocycles. The van der Waals surface area contributed by atoms with Gasteiger partial charge in [0.1, 0.15) is 40.5 Å². The quantitative estimate of drug-likeness (QED) is 0.0411. The summed E-state index contributed by atoms with van der Waals surface area (Å²) in [6, 6.07) is 27.5. The standard InChI is InChI=1S/C23H17NO4S2.C16H18N2O6S.C16H18N2O5S/c1-27-22(26)17-9-7-16(8-10-17)19-12-11-18(28-19)13-20-21(25)24(23(29)30-20)14-15-5-3-2-4-6-15;1-2-23-14(19)10-18-15(20)12(25-16(18)21)9-11-3-4-13(24-11)17-5-7-22-8-6-17;1-2-22-14(19)10-18-15(20)12(24-16(18)21)9-11-5-6-13(23-11)17-7-3-4-8-17/h2-13H,14H2,1H3;3-4,9H,2,5-8,10H2,1H3;5-6,9H,2-4,7-8,10H2,1H3/b20-13-;2*12-9-. The number of carbonyl (C=O) groups is 8. The molecule has 0 atom stereocenters. The number of amides is 5. The molecule has 2 aromatic carbocycles. The smallest absolute Gasteiger partial charge is 0.337 e. The predicted octanol–water partition coefficient (Wildman–Crippen LogP) is 9.33. The first-order chi connectivity index (χ1) is 38.2. The van der Waals surface area contributed by atoms with Gasteiger partial charge in [-0.15, -0.1) is 0 Å². The third-order valence-corrected chi connectivity index (χ3v) is 15.2. The summed E-state index contributed by atoms with van der Waals surface area (Å²) in [5, 5.41) is -0.977. The molecule has 79 heavy (non-hydrogen) atoms. The number of anilines is 2. The van der Waals surface area contributed by atoms with Gasteiger partial charge in [-0.3, -0.25) is 48.3 Å². The molecule has 5 aliphatic rings. The molecule has 0 aliphatic carbocycles. The van der Waals surface area contributed by atoms with Gasteiger partial charge in [0, 0.05) is 62.1 Å². The first-order valence-corrected chi connectivity index (χ1v) is 27.7. The van der Waals surface area contributed by atoms with Crippen molar-refractivity contribution in [3.8, 4) is 11.3 Å². The summed E-state index contributed by atoms with van der Waals surface area (Å²) in [5.41, 5.74) is 2.31. The Morgan fingerprint density at radius 3 is 1.58 bits per heavy atom. The largest absolute Gasteiger partial charge is 0.465 e. The van der Waals surface area contributed by atoms with Crippen molar-refractivity contribution in [2.75, 3.05) is 82.6 Å². The lowest BCUT2D eigenvalue weighted by Gasteiger charge is -2.26. The van der Waals surface area contributed by atoms with Crippen LogP contribution >= 0.6 is 47.5 Å². The van der Waals surface area contributed by atoms with Crippen LogP contribution in [0.1, 0.15) is 59.9 Å². The Morgan fingerprint density at radius 2 is 1.06 bits per heavy atom. The summed E-state index contributed by atoms with van der Waals surface area (Å²) in [6.07, 6.45) is 7.04. The minimum atomic E-state index is -0.612. The summed E-state index contributed by atoms with van der Waals surface area (Å²) in [7, 11) is 1.34. The Balaban J connectivity index is 0.000000157. The molecule has 0 N–H and O–H groups in total. The van der Waals surface area contributed by atoms with E-state index in [2.05, 4.69) is 4.90 Å². The zero-order valence-corrected chi connectivity index (χ0v) is 46.3. The van der Waals surface area contributed by atoms with Gasteiger partial charge < -0.3 is 42.0 Å². The van der Waals surface area contributed by atoms with Gasteiger partial charge in [0.2, 0.25) is 0 Å². The lowest BCUT2D eigenvalue weighted by atomic mass is 10.1. The number of carbonyl (C=O) groups excluding carboxylic acids is 8. The van der Waals surface area contributed by atoms with Gasteiger partial charge in [0.25, 0.3) is 28.2 Å². The number of morpholine rings is 1. The molecule has 3 aromatic heterocycles. The van der Waals surface area contributed by atoms with E-state index in [0.29, 0.717) is 63.5 Å². The highest BCUT2D eigenvalue weighted by molar-refractivity contribution is 8.26. The number of thioether (sulfide) groups is 3. The molecular formula is C55H53N5O15S4. The van der Waals surface area contributed by atoms with E-state index in [0.717, 1.165) is 89.4 Å². The van der Waals surface area contributed by atoms with Crippen molar-refractivity contribution in [3.05, 3.63) is 134 Å². The fraction of sp³-hybridized carbons (Fsp3) is 0.291. The zero-order valence-electron chi connectivity index (χ0n) is 43.1. The zero-order chi connectivity index (χ0) is 56.0. The van der Waals surface area contributed by atoms with Crippen LogP contribution in [-0.4, -0.2) is 138 Å². The van der Waals surface area contributed by atoms with Gasteiger partial charge in [-0.05, 0) is 92.2 Å². The van der Waals surface area contributed by atoms with Crippen molar-refractivity contribution in [1.82, 2.24) is 14.7 Å². The topological polar surface area (TPSA) is 229 Å². The van der Waals surface area contributed by atoms with E-state index >= 15 is 0 Å². The van der Waals surface area contributed by atoms with Crippen molar-refractivity contribution < 1.29 is 70.6 Å². The Kier molecular flexibility index (Phi) is 19.9. The van der Waals surface area contributed by atoms with Crippen molar-refractivity contribution in [1.29, 1.82) is 0 Å². The number of esters is 3. The van der Waals surface area contributed by atoms with E-state index in [-0.39, 0.29) is 48.0 Å². The van der Waals surface area contributed by atoms with E-state index in [1.165, 1.54) is 31.0 Å². The maximum atomic E-state index is 12.8. The van der Waals surface area contributed by atoms with Crippen LogP contribution in [0.15, 0.2) is 119 Å². The van der Waals surface area contributed by atoms with Gasteiger partial charge >= 0.3 is 17.9 Å². The number of hydrogen-bond acceptors (Lipinski definition) is 21. The number of imide groups is 2. The molecule has 412 valence electrons. The Bertz CT molecular complexity index is 3190. The van der Waals surface area contributed by atoms with Gasteiger partial charge in [0.15, 0.2) is 11.8 Å². The molecule has 24 heteroatoms. The second kappa shape index (κ2) is 27.3. The fourth-order valence-corrected chi connectivity index (χ4v) is 11.0. The highest BCUT2D eigenvalue weighted by Gasteiger charge is 2.38. The van der Waals surface area contributed by atoms with E-state index in [1.54, 1.807) is 67.3 Å². The lowest BCUT2D eigenvalue weighted by molar-refractivity contribution is -0.146. The second-order valence-electron chi connectivity index (χ2n) is 17.3. The minimum absolute atomic E-state index is 0.130. The number of ether oxygens (including phenoxy) is 4. The average molecular weight is 1150 g/mol. The van der Waals surface area contributed by atoms with Crippen molar-refractivity contribution >= 4 is 128 Å². The third-order valence-electron chi connectivity index (χ3n) is 12.0. The van der Waals surface area contributed by atoms with Crippen LogP contribution in [0.4, 0.5) is 21.4 Å². The number of nitrogens with zero attached hydrogens (tertiary/aromatic N) is 5. The number of furan rings is 3. The van der Waals surface area contributed by atoms with Crippen LogP contribution in [0, 0.1) is 0 Å². The third kappa shape index (κ3) is 14.9. The lowest BCUT2D eigenvalue weighted by Crippen LogP contribution is -2.35. The van der Waals surface area contributed by atoms with E-state index < -0.39 is 34.2 Å². The summed E-state index contributed by atoms with van der Waals surface area (Å²) >= 11 is 8.23. The molecule has 5 fully saturated rings. The molecule has 0 saturated carbocycles. The van der Waals surface area contributed by atoms with Crippen LogP contribution in [0.3, 0.4) is 0 Å². The Hall–Kier alpha value is -7.64. The summed E-state index contributed by atoms with van der Waals surface area (Å²) in [5.74, 6) is 0.887. The van der Waals surface area contributed by atoms with Crippen molar-refractivity contribution in [3.63, 3.8) is 0 Å².